The van der Waals surface area contributed by atoms with Crippen molar-refractivity contribution >= 4 is 46.3 Å². The Labute approximate surface area is 218 Å². The normalized spacial score (nSPS) is 20.2. The Balaban J connectivity index is 1.55. The highest BCUT2D eigenvalue weighted by atomic mass is 32.2. The van der Waals surface area contributed by atoms with E-state index in [9.17, 15) is 14.4 Å². The molecule has 2 aliphatic heterocycles. The lowest BCUT2D eigenvalue weighted by Gasteiger charge is -2.47. The van der Waals surface area contributed by atoms with Crippen LogP contribution < -0.4 is 10.2 Å². The van der Waals surface area contributed by atoms with Crippen molar-refractivity contribution in [2.45, 2.75) is 66.3 Å². The van der Waals surface area contributed by atoms with Gasteiger partial charge in [-0.05, 0) is 124 Å². The third kappa shape index (κ3) is 4.94. The lowest BCUT2D eigenvalue weighted by Crippen LogP contribution is -2.48. The molecular weight excluding hydrogens is 470 g/mol. The Bertz CT molecular complexity index is 1280. The second kappa shape index (κ2) is 9.77. The fourth-order valence-corrected chi connectivity index (χ4v) is 6.17. The molecule has 0 bridgehead atoms. The van der Waals surface area contributed by atoms with Crippen LogP contribution in [0.5, 0.6) is 0 Å². The van der Waals surface area contributed by atoms with E-state index in [4.69, 9.17) is 0 Å². The molecule has 1 N–H and O–H groups in total. The summed E-state index contributed by atoms with van der Waals surface area (Å²) in [5.74, 6) is -0.445. The molecule has 190 valence electrons. The number of rotatable bonds is 5. The topological polar surface area (TPSA) is 69.7 Å². The third-order valence-electron chi connectivity index (χ3n) is 7.34. The maximum atomic E-state index is 13.1. The number of hydrogen-bond acceptors (Lipinski definition) is 5. The predicted molar refractivity (Wildman–Crippen MR) is 149 cm³/mol. The highest BCUT2D eigenvalue weighted by Gasteiger charge is 2.38. The van der Waals surface area contributed by atoms with Gasteiger partial charge in [-0.15, -0.1) is 0 Å². The first kappa shape index (κ1) is 26.0. The van der Waals surface area contributed by atoms with Crippen molar-refractivity contribution in [3.8, 4) is 0 Å². The molecule has 36 heavy (non-hydrogen) atoms. The molecule has 3 amide bonds. The van der Waals surface area contributed by atoms with Gasteiger partial charge in [0.25, 0.3) is 11.1 Å². The van der Waals surface area contributed by atoms with Gasteiger partial charge in [0.1, 0.15) is 6.54 Å². The maximum Gasteiger partial charge on any atom is 0.294 e. The number of nitrogens with one attached hydrogen (secondary N) is 1. The molecule has 6 nitrogen and oxygen atoms in total. The molecule has 1 unspecified atom stereocenters. The lowest BCUT2D eigenvalue weighted by molar-refractivity contribution is -0.127. The van der Waals surface area contributed by atoms with E-state index < -0.39 is 17.1 Å². The molecule has 0 radical (unpaired) electrons. The summed E-state index contributed by atoms with van der Waals surface area (Å²) in [5, 5.41) is 2.36. The fraction of sp³-hybridized carbons (Fsp3) is 0.414. The van der Waals surface area contributed by atoms with Crippen molar-refractivity contribution < 1.29 is 14.4 Å². The lowest BCUT2D eigenvalue weighted by atomic mass is 9.79. The van der Waals surface area contributed by atoms with Gasteiger partial charge >= 0.3 is 0 Å². The Morgan fingerprint density at radius 3 is 2.50 bits per heavy atom. The summed E-state index contributed by atoms with van der Waals surface area (Å²) in [6.07, 6.45) is 2.84. The summed E-state index contributed by atoms with van der Waals surface area (Å²) in [5.41, 5.74) is 7.40. The molecule has 0 saturated carbocycles. The monoisotopic (exact) mass is 505 g/mol. The number of thioether (sulfide) groups is 1. The molecule has 2 aromatic rings. The number of carbonyl (C=O) groups excluding carboxylic acids is 3. The second-order valence-corrected chi connectivity index (χ2v) is 11.5. The number of aryl methyl sites for hydroxylation is 3. The van der Waals surface area contributed by atoms with Gasteiger partial charge in [-0.25, -0.2) is 0 Å². The number of benzene rings is 2. The number of imide groups is 1. The molecule has 2 heterocycles. The van der Waals surface area contributed by atoms with Crippen LogP contribution in [0.15, 0.2) is 35.2 Å². The van der Waals surface area contributed by atoms with Gasteiger partial charge in [-0.3, -0.25) is 19.3 Å². The van der Waals surface area contributed by atoms with Gasteiger partial charge < -0.3 is 10.2 Å². The smallest absolute Gasteiger partial charge is 0.294 e. The van der Waals surface area contributed by atoms with Crippen LogP contribution in [0.1, 0.15) is 67.9 Å². The summed E-state index contributed by atoms with van der Waals surface area (Å²) in [4.78, 5) is 42.1. The summed E-state index contributed by atoms with van der Waals surface area (Å²) in [6, 6.07) is 9.98. The molecule has 4 rings (SSSR count). The number of hydrogen-bond donors (Lipinski definition) is 1. The van der Waals surface area contributed by atoms with Gasteiger partial charge in [-0.1, -0.05) is 13.0 Å². The van der Waals surface area contributed by atoms with Gasteiger partial charge in [0.15, 0.2) is 0 Å². The molecular formula is C29H35N3O3S. The standard InChI is InChI=1S/C29H35N3O3S/c1-8-32-24-12-19(4)21(13-23(24)20(5)15-29(32,6)7)14-25-27(34)31(28(35)36-25)16-26(33)30-22-10-9-17(2)18(3)11-22/h9-14,20H,8,15-16H2,1-7H3,(H,30,33)/b25-14-. The Morgan fingerprint density at radius 2 is 1.83 bits per heavy atom. The van der Waals surface area contributed by atoms with Crippen LogP contribution in [0.3, 0.4) is 0 Å². The van der Waals surface area contributed by atoms with E-state index in [1.54, 1.807) is 6.08 Å². The first-order valence-electron chi connectivity index (χ1n) is 12.5. The molecule has 1 fully saturated rings. The van der Waals surface area contributed by atoms with Crippen molar-refractivity contribution in [3.05, 3.63) is 63.1 Å². The summed E-state index contributed by atoms with van der Waals surface area (Å²) in [6.45, 7) is 15.6. The van der Waals surface area contributed by atoms with Crippen LogP contribution >= 0.6 is 11.8 Å². The van der Waals surface area contributed by atoms with Crippen LogP contribution in [0.25, 0.3) is 6.08 Å². The second-order valence-electron chi connectivity index (χ2n) is 10.5. The van der Waals surface area contributed by atoms with Crippen LogP contribution in [0, 0.1) is 20.8 Å². The highest BCUT2D eigenvalue weighted by molar-refractivity contribution is 8.18. The maximum absolute atomic E-state index is 13.1. The first-order chi connectivity index (χ1) is 16.9. The average Bonchev–Trinajstić information content (AvgIpc) is 3.04. The third-order valence-corrected chi connectivity index (χ3v) is 8.25. The molecule has 2 aromatic carbocycles. The van der Waals surface area contributed by atoms with Crippen molar-refractivity contribution in [3.63, 3.8) is 0 Å². The largest absolute Gasteiger partial charge is 0.366 e. The summed E-state index contributed by atoms with van der Waals surface area (Å²) >= 11 is 0.889. The van der Waals surface area contributed by atoms with Crippen molar-refractivity contribution in [1.82, 2.24) is 4.90 Å². The Morgan fingerprint density at radius 1 is 1.11 bits per heavy atom. The predicted octanol–water partition coefficient (Wildman–Crippen LogP) is 6.40. The van der Waals surface area contributed by atoms with Gasteiger partial charge in [0.2, 0.25) is 5.91 Å². The molecule has 0 aliphatic carbocycles. The first-order valence-corrected chi connectivity index (χ1v) is 13.3. The van der Waals surface area contributed by atoms with Gasteiger partial charge in [0, 0.05) is 23.5 Å². The zero-order valence-electron chi connectivity index (χ0n) is 22.2. The minimum atomic E-state index is -0.429. The minimum absolute atomic E-state index is 0.0790. The Hall–Kier alpha value is -3.06. The molecule has 1 atom stereocenters. The van der Waals surface area contributed by atoms with E-state index >= 15 is 0 Å². The minimum Gasteiger partial charge on any atom is -0.366 e. The van der Waals surface area contributed by atoms with Crippen molar-refractivity contribution in [1.29, 1.82) is 0 Å². The molecule has 2 aliphatic rings. The zero-order valence-corrected chi connectivity index (χ0v) is 23.0. The number of carbonyl (C=O) groups is 3. The fourth-order valence-electron chi connectivity index (χ4n) is 5.35. The summed E-state index contributed by atoms with van der Waals surface area (Å²) < 4.78 is 0. The molecule has 0 spiro atoms. The van der Waals surface area contributed by atoms with E-state index in [0.29, 0.717) is 16.5 Å². The van der Waals surface area contributed by atoms with Crippen molar-refractivity contribution in [2.75, 3.05) is 23.3 Å². The van der Waals surface area contributed by atoms with Gasteiger partial charge in [-0.2, -0.15) is 0 Å². The number of nitrogens with zero attached hydrogens (tertiary/aromatic N) is 2. The molecule has 0 aromatic heterocycles. The number of fused-ring (bicyclic) bond motifs is 1. The zero-order chi connectivity index (χ0) is 26.4. The van der Waals surface area contributed by atoms with Crippen molar-refractivity contribution in [2.24, 2.45) is 0 Å². The Kier molecular flexibility index (Phi) is 7.06. The van der Waals surface area contributed by atoms with Crippen LogP contribution in [-0.4, -0.2) is 40.6 Å². The number of amides is 3. The van der Waals surface area contributed by atoms with E-state index in [2.05, 4.69) is 50.0 Å². The van der Waals surface area contributed by atoms with E-state index in [0.717, 1.165) is 51.9 Å². The van der Waals surface area contributed by atoms with E-state index in [1.165, 1.54) is 11.3 Å². The van der Waals surface area contributed by atoms with Crippen LogP contribution in [-0.2, 0) is 9.59 Å². The van der Waals surface area contributed by atoms with Gasteiger partial charge in [0.05, 0.1) is 4.91 Å². The van der Waals surface area contributed by atoms with Crippen LogP contribution in [0.4, 0.5) is 16.2 Å². The van der Waals surface area contributed by atoms with E-state index in [1.807, 2.05) is 39.0 Å². The SMILES string of the molecule is CCN1c2cc(C)c(/C=C3\SC(=O)N(CC(=O)Nc4ccc(C)c(C)c4)C3=O)cc2C(C)CC1(C)C. The molecule has 7 heteroatoms. The van der Waals surface area contributed by atoms with Crippen LogP contribution in [0.2, 0.25) is 0 Å². The highest BCUT2D eigenvalue weighted by Crippen LogP contribution is 2.45. The van der Waals surface area contributed by atoms with E-state index in [-0.39, 0.29) is 12.1 Å². The number of anilines is 2. The average molecular weight is 506 g/mol. The summed E-state index contributed by atoms with van der Waals surface area (Å²) in [7, 11) is 0. The quantitative estimate of drug-likeness (QED) is 0.476. The molecule has 1 saturated heterocycles.